The Kier molecular flexibility index (Phi) is 1.96. The smallest absolute Gasteiger partial charge is 0.333 e. The van der Waals surface area contributed by atoms with Gasteiger partial charge in [0.1, 0.15) is 0 Å². The highest BCUT2D eigenvalue weighted by Crippen LogP contribution is 2.25. The van der Waals surface area contributed by atoms with Crippen molar-refractivity contribution in [2.75, 3.05) is 7.11 Å². The lowest BCUT2D eigenvalue weighted by molar-refractivity contribution is -0.142. The van der Waals surface area contributed by atoms with Gasteiger partial charge in [-0.1, -0.05) is 18.2 Å². The fourth-order valence-electron chi connectivity index (χ4n) is 1.55. The van der Waals surface area contributed by atoms with Crippen LogP contribution in [0.5, 0.6) is 0 Å². The second-order valence-corrected chi connectivity index (χ2v) is 3.02. The number of fused-ring (bicyclic) bond motifs is 1. The molecule has 0 radical (unpaired) electrons. The number of esters is 1. The third kappa shape index (κ3) is 1.16. The molecular formula is C10H9NO3. The van der Waals surface area contributed by atoms with Crippen LogP contribution < -0.4 is 5.32 Å². The number of rotatable bonds is 1. The summed E-state index contributed by atoms with van der Waals surface area (Å²) >= 11 is 0. The Hall–Kier alpha value is -1.84. The molecule has 1 heterocycles. The molecule has 0 fully saturated rings. The Morgan fingerprint density at radius 3 is 2.86 bits per heavy atom. The van der Waals surface area contributed by atoms with E-state index < -0.39 is 12.0 Å². The minimum atomic E-state index is -0.649. The Labute approximate surface area is 80.9 Å². The molecule has 72 valence electrons. The van der Waals surface area contributed by atoms with E-state index in [0.29, 0.717) is 11.1 Å². The van der Waals surface area contributed by atoms with E-state index in [4.69, 9.17) is 0 Å². The average molecular weight is 191 g/mol. The van der Waals surface area contributed by atoms with Crippen molar-refractivity contribution in [3.8, 4) is 0 Å². The number of carbonyl (C=O) groups excluding carboxylic acids is 2. The minimum absolute atomic E-state index is 0.226. The fraction of sp³-hybridized carbons (Fsp3) is 0.200. The Bertz CT molecular complexity index is 400. The van der Waals surface area contributed by atoms with Gasteiger partial charge < -0.3 is 10.1 Å². The first-order valence-corrected chi connectivity index (χ1v) is 4.21. The lowest BCUT2D eigenvalue weighted by Crippen LogP contribution is -2.26. The van der Waals surface area contributed by atoms with Crippen LogP contribution in [0.4, 0.5) is 0 Å². The van der Waals surface area contributed by atoms with Gasteiger partial charge in [-0.3, -0.25) is 4.79 Å². The number of ether oxygens (including phenoxy) is 1. The highest BCUT2D eigenvalue weighted by Gasteiger charge is 2.33. The molecule has 4 nitrogen and oxygen atoms in total. The van der Waals surface area contributed by atoms with Crippen LogP contribution >= 0.6 is 0 Å². The second-order valence-electron chi connectivity index (χ2n) is 3.02. The zero-order chi connectivity index (χ0) is 10.1. The third-order valence-electron chi connectivity index (χ3n) is 2.23. The SMILES string of the molecule is COC(=O)[C@H]1NC(=O)c2ccccc21. The highest BCUT2D eigenvalue weighted by atomic mass is 16.5. The van der Waals surface area contributed by atoms with Gasteiger partial charge in [0.15, 0.2) is 6.04 Å². The predicted molar refractivity (Wildman–Crippen MR) is 48.7 cm³/mol. The van der Waals surface area contributed by atoms with Crippen LogP contribution in [-0.4, -0.2) is 19.0 Å². The van der Waals surface area contributed by atoms with E-state index in [1.165, 1.54) is 7.11 Å². The number of methoxy groups -OCH3 is 1. The van der Waals surface area contributed by atoms with Crippen molar-refractivity contribution in [1.82, 2.24) is 5.32 Å². The van der Waals surface area contributed by atoms with Gasteiger partial charge in [-0.25, -0.2) is 4.79 Å². The molecule has 1 aromatic rings. The van der Waals surface area contributed by atoms with Crippen molar-refractivity contribution >= 4 is 11.9 Å². The zero-order valence-corrected chi connectivity index (χ0v) is 7.61. The van der Waals surface area contributed by atoms with Crippen molar-refractivity contribution in [3.63, 3.8) is 0 Å². The quantitative estimate of drug-likeness (QED) is 0.663. The number of nitrogens with one attached hydrogen (secondary N) is 1. The number of carbonyl (C=O) groups is 2. The van der Waals surface area contributed by atoms with Crippen molar-refractivity contribution in [2.45, 2.75) is 6.04 Å². The summed E-state index contributed by atoms with van der Waals surface area (Å²) in [6, 6.07) is 6.33. The summed E-state index contributed by atoms with van der Waals surface area (Å²) < 4.78 is 4.59. The number of hydrogen-bond donors (Lipinski definition) is 1. The van der Waals surface area contributed by atoms with Crippen LogP contribution in [-0.2, 0) is 9.53 Å². The maximum atomic E-state index is 11.4. The molecular weight excluding hydrogens is 182 g/mol. The van der Waals surface area contributed by atoms with Crippen LogP contribution in [0.25, 0.3) is 0 Å². The van der Waals surface area contributed by atoms with E-state index in [2.05, 4.69) is 10.1 Å². The minimum Gasteiger partial charge on any atom is -0.467 e. The van der Waals surface area contributed by atoms with Gasteiger partial charge >= 0.3 is 5.97 Å². The predicted octanol–water partition coefficient (Wildman–Crippen LogP) is 0.644. The van der Waals surface area contributed by atoms with E-state index in [1.54, 1.807) is 24.3 Å². The molecule has 4 heteroatoms. The second kappa shape index (κ2) is 3.14. The molecule has 1 aliphatic rings. The van der Waals surface area contributed by atoms with Gasteiger partial charge in [0.05, 0.1) is 7.11 Å². The molecule has 1 N–H and O–H groups in total. The molecule has 2 rings (SSSR count). The highest BCUT2D eigenvalue weighted by molar-refractivity contribution is 6.03. The molecule has 0 saturated carbocycles. The summed E-state index contributed by atoms with van der Waals surface area (Å²) in [5, 5.41) is 2.56. The maximum Gasteiger partial charge on any atom is 0.333 e. The first kappa shape index (κ1) is 8.74. The van der Waals surface area contributed by atoms with E-state index in [1.807, 2.05) is 0 Å². The summed E-state index contributed by atoms with van der Waals surface area (Å²) in [5.41, 5.74) is 1.23. The van der Waals surface area contributed by atoms with Crippen molar-refractivity contribution in [1.29, 1.82) is 0 Å². The summed E-state index contributed by atoms with van der Waals surface area (Å²) in [7, 11) is 1.30. The zero-order valence-electron chi connectivity index (χ0n) is 7.61. The standard InChI is InChI=1S/C10H9NO3/c1-14-10(13)8-6-4-2-3-5-7(6)9(12)11-8/h2-5,8H,1H3,(H,11,12)/t8-/m0/s1. The molecule has 1 atom stereocenters. The molecule has 1 aromatic carbocycles. The largest absolute Gasteiger partial charge is 0.467 e. The van der Waals surface area contributed by atoms with E-state index in [-0.39, 0.29) is 5.91 Å². The van der Waals surface area contributed by atoms with Crippen LogP contribution in [0.15, 0.2) is 24.3 Å². The van der Waals surface area contributed by atoms with Gasteiger partial charge in [-0.15, -0.1) is 0 Å². The Morgan fingerprint density at radius 1 is 1.43 bits per heavy atom. The van der Waals surface area contributed by atoms with Crippen molar-refractivity contribution in [3.05, 3.63) is 35.4 Å². The van der Waals surface area contributed by atoms with E-state index >= 15 is 0 Å². The monoisotopic (exact) mass is 191 g/mol. The Morgan fingerprint density at radius 2 is 2.14 bits per heavy atom. The molecule has 0 aliphatic carbocycles. The van der Waals surface area contributed by atoms with Crippen LogP contribution in [0, 0.1) is 0 Å². The third-order valence-corrected chi connectivity index (χ3v) is 2.23. The molecule has 0 aromatic heterocycles. The van der Waals surface area contributed by atoms with Gasteiger partial charge in [0.25, 0.3) is 5.91 Å². The first-order valence-electron chi connectivity index (χ1n) is 4.21. The molecule has 0 bridgehead atoms. The van der Waals surface area contributed by atoms with Gasteiger partial charge in [0.2, 0.25) is 0 Å². The van der Waals surface area contributed by atoms with Crippen LogP contribution in [0.1, 0.15) is 22.0 Å². The first-order chi connectivity index (χ1) is 6.74. The summed E-state index contributed by atoms with van der Waals surface area (Å²) in [4.78, 5) is 22.7. The molecule has 1 aliphatic heterocycles. The lowest BCUT2D eigenvalue weighted by atomic mass is 10.1. The van der Waals surface area contributed by atoms with Crippen LogP contribution in [0.3, 0.4) is 0 Å². The molecule has 1 amide bonds. The van der Waals surface area contributed by atoms with Gasteiger partial charge in [-0.2, -0.15) is 0 Å². The van der Waals surface area contributed by atoms with Crippen molar-refractivity contribution in [2.24, 2.45) is 0 Å². The summed E-state index contributed by atoms with van der Waals surface area (Å²) in [5.74, 6) is -0.667. The number of benzene rings is 1. The van der Waals surface area contributed by atoms with E-state index in [0.717, 1.165) is 0 Å². The maximum absolute atomic E-state index is 11.4. The summed E-state index contributed by atoms with van der Waals surface area (Å²) in [6.07, 6.45) is 0. The van der Waals surface area contributed by atoms with Crippen molar-refractivity contribution < 1.29 is 14.3 Å². The van der Waals surface area contributed by atoms with Gasteiger partial charge in [0, 0.05) is 5.56 Å². The lowest BCUT2D eigenvalue weighted by Gasteiger charge is -2.07. The fourth-order valence-corrected chi connectivity index (χ4v) is 1.55. The summed E-state index contributed by atoms with van der Waals surface area (Å²) in [6.45, 7) is 0. The number of amides is 1. The number of hydrogen-bond acceptors (Lipinski definition) is 3. The Balaban J connectivity index is 2.44. The van der Waals surface area contributed by atoms with Gasteiger partial charge in [-0.05, 0) is 11.6 Å². The normalized spacial score (nSPS) is 18.6. The topological polar surface area (TPSA) is 55.4 Å². The average Bonchev–Trinajstić information content (AvgIpc) is 2.56. The molecule has 0 saturated heterocycles. The van der Waals surface area contributed by atoms with E-state index in [9.17, 15) is 9.59 Å². The molecule has 0 unspecified atom stereocenters. The molecule has 0 spiro atoms. The van der Waals surface area contributed by atoms with Crippen LogP contribution in [0.2, 0.25) is 0 Å². The molecule has 14 heavy (non-hydrogen) atoms.